The number of aromatic nitrogens is 1. The Morgan fingerprint density at radius 3 is 2.61 bits per heavy atom. The first kappa shape index (κ1) is 12.2. The van der Waals surface area contributed by atoms with Gasteiger partial charge in [0.25, 0.3) is 5.91 Å². The molecule has 1 amide bonds. The monoisotopic (exact) mass is 244 g/mol. The van der Waals surface area contributed by atoms with Crippen LogP contribution >= 0.6 is 0 Å². The number of hydrogen-bond donors (Lipinski definition) is 2. The highest BCUT2D eigenvalue weighted by atomic mass is 16.5. The second kappa shape index (κ2) is 4.96. The van der Waals surface area contributed by atoms with Crippen molar-refractivity contribution in [3.8, 4) is 5.75 Å². The van der Waals surface area contributed by atoms with Gasteiger partial charge >= 0.3 is 0 Å². The summed E-state index contributed by atoms with van der Waals surface area (Å²) in [4.78, 5) is 15.2. The Morgan fingerprint density at radius 1 is 1.28 bits per heavy atom. The van der Waals surface area contributed by atoms with Crippen molar-refractivity contribution in [3.63, 3.8) is 0 Å². The highest BCUT2D eigenvalue weighted by Crippen LogP contribution is 2.24. The quantitative estimate of drug-likeness (QED) is 0.872. The molecule has 18 heavy (non-hydrogen) atoms. The number of carbonyl (C=O) groups excluding carboxylic acids is 1. The van der Waals surface area contributed by atoms with Crippen LogP contribution in [0, 0.1) is 13.8 Å². The zero-order valence-electron chi connectivity index (χ0n) is 10.7. The molecule has 0 aliphatic carbocycles. The zero-order valence-corrected chi connectivity index (χ0v) is 10.7. The topological polar surface area (TPSA) is 54.1 Å². The van der Waals surface area contributed by atoms with Crippen LogP contribution in [-0.4, -0.2) is 18.0 Å². The Hall–Kier alpha value is -2.23. The summed E-state index contributed by atoms with van der Waals surface area (Å²) in [6.07, 6.45) is 0. The second-order valence-corrected chi connectivity index (χ2v) is 4.15. The number of para-hydroxylation sites is 2. The molecule has 1 aromatic heterocycles. The van der Waals surface area contributed by atoms with E-state index in [9.17, 15) is 4.79 Å². The van der Waals surface area contributed by atoms with Crippen molar-refractivity contribution in [1.29, 1.82) is 0 Å². The van der Waals surface area contributed by atoms with E-state index in [1.165, 1.54) is 0 Å². The normalized spacial score (nSPS) is 10.2. The fraction of sp³-hybridized carbons (Fsp3) is 0.214. The molecule has 0 bridgehead atoms. The third-order valence-electron chi connectivity index (χ3n) is 2.75. The standard InChI is InChI=1S/C14H16N2O2/c1-9-8-11(10(2)15-9)14(17)16-12-6-4-5-7-13(12)18-3/h4-8,15H,1-3H3,(H,16,17). The van der Waals surface area contributed by atoms with Gasteiger partial charge in [0.15, 0.2) is 0 Å². The number of rotatable bonds is 3. The summed E-state index contributed by atoms with van der Waals surface area (Å²) in [5.74, 6) is 0.511. The summed E-state index contributed by atoms with van der Waals surface area (Å²) >= 11 is 0. The van der Waals surface area contributed by atoms with Gasteiger partial charge in [-0.15, -0.1) is 0 Å². The summed E-state index contributed by atoms with van der Waals surface area (Å²) in [5.41, 5.74) is 3.15. The number of hydrogen-bond acceptors (Lipinski definition) is 2. The smallest absolute Gasteiger partial charge is 0.257 e. The summed E-state index contributed by atoms with van der Waals surface area (Å²) < 4.78 is 5.19. The van der Waals surface area contributed by atoms with Gasteiger partial charge in [0, 0.05) is 11.4 Å². The number of H-pyrrole nitrogens is 1. The second-order valence-electron chi connectivity index (χ2n) is 4.15. The van der Waals surface area contributed by atoms with E-state index in [2.05, 4.69) is 10.3 Å². The maximum absolute atomic E-state index is 12.1. The van der Waals surface area contributed by atoms with Crippen LogP contribution in [0.4, 0.5) is 5.69 Å². The van der Waals surface area contributed by atoms with E-state index in [0.29, 0.717) is 17.0 Å². The zero-order chi connectivity index (χ0) is 13.1. The van der Waals surface area contributed by atoms with Gasteiger partial charge in [-0.25, -0.2) is 0 Å². The molecule has 4 heteroatoms. The Kier molecular flexibility index (Phi) is 3.37. The number of aromatic amines is 1. The predicted molar refractivity (Wildman–Crippen MR) is 71.2 cm³/mol. The van der Waals surface area contributed by atoms with Crippen LogP contribution < -0.4 is 10.1 Å². The minimum atomic E-state index is -0.138. The molecule has 0 radical (unpaired) electrons. The van der Waals surface area contributed by atoms with Gasteiger partial charge in [-0.05, 0) is 32.0 Å². The largest absolute Gasteiger partial charge is 0.495 e. The molecule has 1 heterocycles. The summed E-state index contributed by atoms with van der Waals surface area (Å²) in [7, 11) is 1.58. The predicted octanol–water partition coefficient (Wildman–Crippen LogP) is 2.89. The van der Waals surface area contributed by atoms with Crippen LogP contribution in [0.25, 0.3) is 0 Å². The fourth-order valence-electron chi connectivity index (χ4n) is 1.90. The molecule has 2 N–H and O–H groups in total. The van der Waals surface area contributed by atoms with Gasteiger partial charge in [-0.2, -0.15) is 0 Å². The number of methoxy groups -OCH3 is 1. The average molecular weight is 244 g/mol. The Labute approximate surface area is 106 Å². The fourth-order valence-corrected chi connectivity index (χ4v) is 1.90. The lowest BCUT2D eigenvalue weighted by Gasteiger charge is -2.09. The van der Waals surface area contributed by atoms with Gasteiger partial charge in [-0.1, -0.05) is 12.1 Å². The molecule has 0 atom stereocenters. The van der Waals surface area contributed by atoms with Gasteiger partial charge in [0.1, 0.15) is 5.75 Å². The van der Waals surface area contributed by atoms with Crippen LogP contribution in [0.1, 0.15) is 21.7 Å². The number of amides is 1. The van der Waals surface area contributed by atoms with Gasteiger partial charge in [-0.3, -0.25) is 4.79 Å². The maximum atomic E-state index is 12.1. The van der Waals surface area contributed by atoms with Gasteiger partial charge in [0.05, 0.1) is 18.4 Å². The molecule has 2 rings (SSSR count). The number of nitrogens with one attached hydrogen (secondary N) is 2. The summed E-state index contributed by atoms with van der Waals surface area (Å²) in [6.45, 7) is 3.80. The van der Waals surface area contributed by atoms with E-state index >= 15 is 0 Å². The molecular weight excluding hydrogens is 228 g/mol. The van der Waals surface area contributed by atoms with Crippen molar-refractivity contribution in [2.24, 2.45) is 0 Å². The molecule has 0 aliphatic rings. The van der Waals surface area contributed by atoms with Crippen LogP contribution in [0.5, 0.6) is 5.75 Å². The number of carbonyl (C=O) groups is 1. The highest BCUT2D eigenvalue weighted by molar-refractivity contribution is 6.05. The van der Waals surface area contributed by atoms with E-state index in [-0.39, 0.29) is 5.91 Å². The van der Waals surface area contributed by atoms with Gasteiger partial charge < -0.3 is 15.0 Å². The van der Waals surface area contributed by atoms with Crippen LogP contribution in [0.3, 0.4) is 0 Å². The van der Waals surface area contributed by atoms with E-state index in [0.717, 1.165) is 11.4 Å². The summed E-state index contributed by atoms with van der Waals surface area (Å²) in [6, 6.07) is 9.17. The van der Waals surface area contributed by atoms with Crippen molar-refractivity contribution in [1.82, 2.24) is 4.98 Å². The molecule has 0 saturated carbocycles. The lowest BCUT2D eigenvalue weighted by molar-refractivity contribution is 0.102. The molecule has 0 aliphatic heterocycles. The molecule has 0 fully saturated rings. The molecule has 0 spiro atoms. The number of anilines is 1. The first-order valence-electron chi connectivity index (χ1n) is 5.72. The molecule has 0 saturated heterocycles. The van der Waals surface area contributed by atoms with E-state index in [4.69, 9.17) is 4.74 Å². The number of benzene rings is 1. The molecular formula is C14H16N2O2. The van der Waals surface area contributed by atoms with Crippen molar-refractivity contribution in [3.05, 3.63) is 47.3 Å². The SMILES string of the molecule is COc1ccccc1NC(=O)c1cc(C)[nH]c1C. The number of ether oxygens (including phenoxy) is 1. The van der Waals surface area contributed by atoms with E-state index < -0.39 is 0 Å². The average Bonchev–Trinajstić information content (AvgIpc) is 2.69. The molecule has 94 valence electrons. The Bertz CT molecular complexity index is 573. The number of aryl methyl sites for hydroxylation is 2. The first-order chi connectivity index (χ1) is 8.61. The molecule has 1 aromatic carbocycles. The minimum Gasteiger partial charge on any atom is -0.495 e. The minimum absolute atomic E-state index is 0.138. The molecule has 0 unspecified atom stereocenters. The van der Waals surface area contributed by atoms with E-state index in [1.54, 1.807) is 7.11 Å². The summed E-state index contributed by atoms with van der Waals surface area (Å²) in [5, 5.41) is 2.85. The van der Waals surface area contributed by atoms with Crippen molar-refractivity contribution in [2.75, 3.05) is 12.4 Å². The molecule has 4 nitrogen and oxygen atoms in total. The maximum Gasteiger partial charge on any atom is 0.257 e. The van der Waals surface area contributed by atoms with Crippen molar-refractivity contribution in [2.45, 2.75) is 13.8 Å². The van der Waals surface area contributed by atoms with Gasteiger partial charge in [0.2, 0.25) is 0 Å². The van der Waals surface area contributed by atoms with Crippen molar-refractivity contribution >= 4 is 11.6 Å². The van der Waals surface area contributed by atoms with E-state index in [1.807, 2.05) is 44.2 Å². The first-order valence-corrected chi connectivity index (χ1v) is 5.72. The Morgan fingerprint density at radius 2 is 2.00 bits per heavy atom. The lowest BCUT2D eigenvalue weighted by Crippen LogP contribution is -2.13. The van der Waals surface area contributed by atoms with Crippen LogP contribution in [0.15, 0.2) is 30.3 Å². The Balaban J connectivity index is 2.24. The highest BCUT2D eigenvalue weighted by Gasteiger charge is 2.13. The van der Waals surface area contributed by atoms with Crippen LogP contribution in [-0.2, 0) is 0 Å². The molecule has 2 aromatic rings. The third kappa shape index (κ3) is 2.37. The third-order valence-corrected chi connectivity index (χ3v) is 2.75. The van der Waals surface area contributed by atoms with Crippen LogP contribution in [0.2, 0.25) is 0 Å². The van der Waals surface area contributed by atoms with Crippen molar-refractivity contribution < 1.29 is 9.53 Å². The lowest BCUT2D eigenvalue weighted by atomic mass is 10.2.